The Kier molecular flexibility index (Phi) is 4.26. The molecule has 2 heteroatoms. The maximum absolute atomic E-state index is 3.79. The van der Waals surface area contributed by atoms with Crippen molar-refractivity contribution in [3.05, 3.63) is 68.3 Å². The highest BCUT2D eigenvalue weighted by molar-refractivity contribution is 14.1. The molecule has 88 valence electrons. The van der Waals surface area contributed by atoms with Crippen molar-refractivity contribution in [1.29, 1.82) is 0 Å². The average Bonchev–Trinajstić information content (AvgIpc) is 2.29. The van der Waals surface area contributed by atoms with Gasteiger partial charge in [-0.3, -0.25) is 0 Å². The van der Waals surface area contributed by atoms with Gasteiger partial charge in [0.1, 0.15) is 0 Å². The average molecular weight is 401 g/mol. The summed E-state index contributed by atoms with van der Waals surface area (Å²) in [7, 11) is 0. The van der Waals surface area contributed by atoms with Gasteiger partial charge in [-0.1, -0.05) is 51.8 Å². The Hall–Kier alpha value is -0.350. The zero-order chi connectivity index (χ0) is 12.4. The Morgan fingerprint density at radius 3 is 2.24 bits per heavy atom. The molecule has 0 saturated carbocycles. The maximum atomic E-state index is 3.79. The van der Waals surface area contributed by atoms with Gasteiger partial charge in [0, 0.05) is 3.57 Å². The topological polar surface area (TPSA) is 0 Å². The van der Waals surface area contributed by atoms with Crippen molar-refractivity contribution in [2.45, 2.75) is 18.7 Å². The van der Waals surface area contributed by atoms with Crippen LogP contribution in [0.4, 0.5) is 0 Å². The van der Waals surface area contributed by atoms with E-state index < -0.39 is 0 Å². The minimum absolute atomic E-state index is 0.278. The molecule has 0 spiro atoms. The van der Waals surface area contributed by atoms with E-state index in [1.807, 2.05) is 0 Å². The number of rotatable bonds is 2. The lowest BCUT2D eigenvalue weighted by Crippen LogP contribution is -1.96. The van der Waals surface area contributed by atoms with Crippen LogP contribution in [-0.2, 0) is 0 Å². The number of benzene rings is 2. The summed E-state index contributed by atoms with van der Waals surface area (Å²) in [5.41, 5.74) is 5.30. The zero-order valence-electron chi connectivity index (χ0n) is 9.87. The highest BCUT2D eigenvalue weighted by Gasteiger charge is 2.12. The summed E-state index contributed by atoms with van der Waals surface area (Å²) in [6.07, 6.45) is 0. The van der Waals surface area contributed by atoms with Gasteiger partial charge in [0.2, 0.25) is 0 Å². The predicted octanol–water partition coefficient (Wildman–Crippen LogP) is 5.39. The molecular weight excluding hydrogens is 387 g/mol. The number of aryl methyl sites for hydroxylation is 2. The molecule has 0 saturated heterocycles. The molecule has 0 N–H and O–H groups in total. The van der Waals surface area contributed by atoms with Crippen LogP contribution >= 0.6 is 38.5 Å². The summed E-state index contributed by atoms with van der Waals surface area (Å²) < 4.78 is 1.27. The molecule has 0 radical (unpaired) electrons. The lowest BCUT2D eigenvalue weighted by atomic mass is 9.99. The summed E-state index contributed by atoms with van der Waals surface area (Å²) in [6, 6.07) is 15.3. The van der Waals surface area contributed by atoms with Crippen molar-refractivity contribution in [2.24, 2.45) is 0 Å². The van der Waals surface area contributed by atoms with E-state index in [0.717, 1.165) is 0 Å². The van der Waals surface area contributed by atoms with Crippen LogP contribution in [0.5, 0.6) is 0 Å². The van der Waals surface area contributed by atoms with E-state index >= 15 is 0 Å². The molecule has 2 aromatic carbocycles. The van der Waals surface area contributed by atoms with Crippen LogP contribution in [-0.4, -0.2) is 0 Å². The predicted molar refractivity (Wildman–Crippen MR) is 85.8 cm³/mol. The smallest absolute Gasteiger partial charge is 0.0647 e. The summed E-state index contributed by atoms with van der Waals surface area (Å²) in [6.45, 7) is 4.30. The fraction of sp³-hybridized carbons (Fsp3) is 0.200. The monoisotopic (exact) mass is 400 g/mol. The molecular formula is C15H14BrI. The number of hydrogen-bond acceptors (Lipinski definition) is 0. The van der Waals surface area contributed by atoms with Gasteiger partial charge in [-0.05, 0) is 65.3 Å². The lowest BCUT2D eigenvalue weighted by molar-refractivity contribution is 1.13. The second kappa shape index (κ2) is 5.53. The van der Waals surface area contributed by atoms with E-state index in [4.69, 9.17) is 0 Å². The Bertz CT molecular complexity index is 517. The molecule has 0 aromatic heterocycles. The molecule has 2 rings (SSSR count). The van der Waals surface area contributed by atoms with E-state index in [1.165, 1.54) is 25.8 Å². The molecule has 1 unspecified atom stereocenters. The largest absolute Gasteiger partial charge is 0.0786 e. The Morgan fingerprint density at radius 1 is 1.00 bits per heavy atom. The second-order valence-electron chi connectivity index (χ2n) is 4.27. The molecule has 0 heterocycles. The molecule has 0 aliphatic rings. The Labute approximate surface area is 125 Å². The second-order valence-corrected chi connectivity index (χ2v) is 6.44. The van der Waals surface area contributed by atoms with Crippen molar-refractivity contribution in [3.63, 3.8) is 0 Å². The van der Waals surface area contributed by atoms with Gasteiger partial charge in [-0.2, -0.15) is 0 Å². The van der Waals surface area contributed by atoms with Crippen LogP contribution in [0.15, 0.2) is 42.5 Å². The van der Waals surface area contributed by atoms with Gasteiger partial charge in [-0.25, -0.2) is 0 Å². The Morgan fingerprint density at radius 2 is 1.65 bits per heavy atom. The normalized spacial score (nSPS) is 12.5. The molecule has 0 bridgehead atoms. The maximum Gasteiger partial charge on any atom is 0.0647 e. The van der Waals surface area contributed by atoms with E-state index in [9.17, 15) is 0 Å². The summed E-state index contributed by atoms with van der Waals surface area (Å²) in [5, 5.41) is 0. The van der Waals surface area contributed by atoms with Crippen molar-refractivity contribution in [2.75, 3.05) is 0 Å². The molecule has 17 heavy (non-hydrogen) atoms. The number of halogens is 2. The van der Waals surface area contributed by atoms with Crippen molar-refractivity contribution in [1.82, 2.24) is 0 Å². The first-order chi connectivity index (χ1) is 8.08. The standard InChI is InChI=1S/C15H14BrI/c1-10-3-8-14(11(2)9-10)15(16)12-4-6-13(17)7-5-12/h3-9,15H,1-2H3. The quantitative estimate of drug-likeness (QED) is 0.468. The number of alkyl halides is 1. The first-order valence-corrected chi connectivity index (χ1v) is 7.54. The van der Waals surface area contributed by atoms with Gasteiger partial charge in [-0.15, -0.1) is 0 Å². The van der Waals surface area contributed by atoms with Crippen LogP contribution < -0.4 is 0 Å². The highest BCUT2D eigenvalue weighted by atomic mass is 127. The summed E-state index contributed by atoms with van der Waals surface area (Å²) >= 11 is 6.12. The van der Waals surface area contributed by atoms with Crippen LogP contribution in [0.2, 0.25) is 0 Å². The fourth-order valence-electron chi connectivity index (χ4n) is 1.92. The van der Waals surface area contributed by atoms with Gasteiger partial charge in [0.15, 0.2) is 0 Å². The Balaban J connectivity index is 2.36. The SMILES string of the molecule is Cc1ccc(C(Br)c2ccc(I)cc2)c(C)c1. The van der Waals surface area contributed by atoms with Crippen molar-refractivity contribution < 1.29 is 0 Å². The molecule has 0 aliphatic heterocycles. The van der Waals surface area contributed by atoms with E-state index in [1.54, 1.807) is 0 Å². The van der Waals surface area contributed by atoms with Gasteiger partial charge in [0.05, 0.1) is 4.83 Å². The highest BCUT2D eigenvalue weighted by Crippen LogP contribution is 2.33. The van der Waals surface area contributed by atoms with Crippen LogP contribution in [0.25, 0.3) is 0 Å². The first-order valence-electron chi connectivity index (χ1n) is 5.54. The van der Waals surface area contributed by atoms with E-state index in [0.29, 0.717) is 0 Å². The fourth-order valence-corrected chi connectivity index (χ4v) is 3.10. The molecule has 0 nitrogen and oxygen atoms in total. The molecule has 0 amide bonds. The third kappa shape index (κ3) is 3.10. The van der Waals surface area contributed by atoms with Gasteiger partial charge >= 0.3 is 0 Å². The van der Waals surface area contributed by atoms with Crippen LogP contribution in [0.1, 0.15) is 27.1 Å². The van der Waals surface area contributed by atoms with Crippen LogP contribution in [0.3, 0.4) is 0 Å². The third-order valence-corrected chi connectivity index (χ3v) is 4.60. The minimum Gasteiger partial charge on any atom is -0.0786 e. The number of hydrogen-bond donors (Lipinski definition) is 0. The third-order valence-electron chi connectivity index (χ3n) is 2.86. The molecule has 0 fully saturated rings. The van der Waals surface area contributed by atoms with Gasteiger partial charge < -0.3 is 0 Å². The first kappa shape index (κ1) is 13.1. The summed E-state index contributed by atoms with van der Waals surface area (Å²) in [5.74, 6) is 0. The molecule has 2 aromatic rings. The summed E-state index contributed by atoms with van der Waals surface area (Å²) in [4.78, 5) is 0.278. The van der Waals surface area contributed by atoms with E-state index in [2.05, 4.69) is 94.8 Å². The molecule has 0 aliphatic carbocycles. The zero-order valence-corrected chi connectivity index (χ0v) is 13.6. The molecule has 1 atom stereocenters. The van der Waals surface area contributed by atoms with Crippen LogP contribution in [0, 0.1) is 17.4 Å². The van der Waals surface area contributed by atoms with E-state index in [-0.39, 0.29) is 4.83 Å². The van der Waals surface area contributed by atoms with Gasteiger partial charge in [0.25, 0.3) is 0 Å². The van der Waals surface area contributed by atoms with Crippen molar-refractivity contribution >= 4 is 38.5 Å². The lowest BCUT2D eigenvalue weighted by Gasteiger charge is -2.14. The minimum atomic E-state index is 0.278. The van der Waals surface area contributed by atoms with Crippen molar-refractivity contribution in [3.8, 4) is 0 Å².